The molecule has 0 aliphatic heterocycles. The second-order valence-corrected chi connectivity index (χ2v) is 4.18. The number of hydrogen-bond acceptors (Lipinski definition) is 5. The fourth-order valence-electron chi connectivity index (χ4n) is 1.61. The van der Waals surface area contributed by atoms with Crippen LogP contribution in [0, 0.1) is 10.1 Å². The SMILES string of the molecule is C/C(=N\NC(=O)c1ccncc1)c1cccc([N+](=O)[O-])c1. The minimum atomic E-state index is -0.480. The number of hydrazone groups is 1. The summed E-state index contributed by atoms with van der Waals surface area (Å²) in [6.07, 6.45) is 3.01. The van der Waals surface area contributed by atoms with Crippen molar-refractivity contribution in [1.29, 1.82) is 0 Å². The van der Waals surface area contributed by atoms with Gasteiger partial charge in [-0.25, -0.2) is 5.43 Å². The quantitative estimate of drug-likeness (QED) is 0.528. The van der Waals surface area contributed by atoms with E-state index < -0.39 is 4.92 Å². The van der Waals surface area contributed by atoms with Crippen LogP contribution in [-0.2, 0) is 0 Å². The number of non-ortho nitro benzene ring substituents is 1. The molecule has 0 aliphatic rings. The van der Waals surface area contributed by atoms with E-state index in [4.69, 9.17) is 0 Å². The molecule has 1 aromatic heterocycles. The van der Waals surface area contributed by atoms with E-state index in [0.29, 0.717) is 16.8 Å². The molecule has 0 saturated heterocycles. The summed E-state index contributed by atoms with van der Waals surface area (Å²) >= 11 is 0. The van der Waals surface area contributed by atoms with E-state index in [1.807, 2.05) is 0 Å². The summed E-state index contributed by atoms with van der Waals surface area (Å²) in [6.45, 7) is 1.66. The number of aromatic nitrogens is 1. The first kappa shape index (κ1) is 14.3. The number of nitrogens with zero attached hydrogens (tertiary/aromatic N) is 3. The molecule has 1 amide bonds. The molecule has 1 N–H and O–H groups in total. The molecule has 21 heavy (non-hydrogen) atoms. The Labute approximate surface area is 120 Å². The van der Waals surface area contributed by atoms with Crippen molar-refractivity contribution in [2.24, 2.45) is 5.10 Å². The lowest BCUT2D eigenvalue weighted by Gasteiger charge is -2.03. The van der Waals surface area contributed by atoms with Gasteiger partial charge in [-0.15, -0.1) is 0 Å². The highest BCUT2D eigenvalue weighted by Gasteiger charge is 2.08. The number of nitro groups is 1. The summed E-state index contributed by atoms with van der Waals surface area (Å²) in [7, 11) is 0. The van der Waals surface area contributed by atoms with E-state index >= 15 is 0 Å². The van der Waals surface area contributed by atoms with Crippen molar-refractivity contribution in [2.45, 2.75) is 6.92 Å². The van der Waals surface area contributed by atoms with Crippen LogP contribution in [0.5, 0.6) is 0 Å². The molecule has 1 aromatic carbocycles. The molecule has 0 unspecified atom stereocenters. The normalized spacial score (nSPS) is 11.0. The van der Waals surface area contributed by atoms with Crippen LogP contribution in [-0.4, -0.2) is 21.5 Å². The molecule has 0 atom stereocenters. The van der Waals surface area contributed by atoms with Crippen LogP contribution in [0.1, 0.15) is 22.8 Å². The lowest BCUT2D eigenvalue weighted by molar-refractivity contribution is -0.384. The Morgan fingerprint density at radius 2 is 1.95 bits per heavy atom. The van der Waals surface area contributed by atoms with Gasteiger partial charge in [0.05, 0.1) is 10.6 Å². The van der Waals surface area contributed by atoms with E-state index in [0.717, 1.165) is 0 Å². The van der Waals surface area contributed by atoms with Gasteiger partial charge >= 0.3 is 0 Å². The molecule has 7 heteroatoms. The van der Waals surface area contributed by atoms with Crippen molar-refractivity contribution >= 4 is 17.3 Å². The Balaban J connectivity index is 2.13. The Morgan fingerprint density at radius 1 is 1.24 bits per heavy atom. The Bertz CT molecular complexity index is 698. The molecule has 0 saturated carbocycles. The van der Waals surface area contributed by atoms with E-state index in [2.05, 4.69) is 15.5 Å². The number of carbonyl (C=O) groups excluding carboxylic acids is 1. The van der Waals surface area contributed by atoms with Gasteiger partial charge in [0.2, 0.25) is 0 Å². The average molecular weight is 284 g/mol. The molecule has 0 bridgehead atoms. The van der Waals surface area contributed by atoms with Gasteiger partial charge in [-0.1, -0.05) is 12.1 Å². The van der Waals surface area contributed by atoms with Gasteiger partial charge in [0.15, 0.2) is 0 Å². The molecular formula is C14H12N4O3. The van der Waals surface area contributed by atoms with E-state index in [1.54, 1.807) is 31.2 Å². The second kappa shape index (κ2) is 6.38. The van der Waals surface area contributed by atoms with Crippen molar-refractivity contribution in [3.63, 3.8) is 0 Å². The van der Waals surface area contributed by atoms with Crippen LogP contribution < -0.4 is 5.43 Å². The number of nitrogens with one attached hydrogen (secondary N) is 1. The van der Waals surface area contributed by atoms with E-state index in [9.17, 15) is 14.9 Å². The summed E-state index contributed by atoms with van der Waals surface area (Å²) in [5.74, 6) is -0.373. The molecule has 2 rings (SSSR count). The maximum Gasteiger partial charge on any atom is 0.271 e. The first-order valence-electron chi connectivity index (χ1n) is 6.07. The lowest BCUT2D eigenvalue weighted by atomic mass is 10.1. The highest BCUT2D eigenvalue weighted by Crippen LogP contribution is 2.13. The van der Waals surface area contributed by atoms with Gasteiger partial charge in [0, 0.05) is 35.7 Å². The third kappa shape index (κ3) is 3.69. The maximum absolute atomic E-state index is 11.8. The second-order valence-electron chi connectivity index (χ2n) is 4.18. The monoisotopic (exact) mass is 284 g/mol. The summed E-state index contributed by atoms with van der Waals surface area (Å²) in [5.41, 5.74) is 3.84. The molecule has 0 spiro atoms. The van der Waals surface area contributed by atoms with Crippen LogP contribution in [0.25, 0.3) is 0 Å². The third-order valence-electron chi connectivity index (χ3n) is 2.74. The molecule has 0 fully saturated rings. The predicted octanol–water partition coefficient (Wildman–Crippen LogP) is 2.14. The van der Waals surface area contributed by atoms with Crippen LogP contribution in [0.2, 0.25) is 0 Å². The first-order chi connectivity index (χ1) is 10.1. The van der Waals surface area contributed by atoms with Crippen LogP contribution in [0.3, 0.4) is 0 Å². The predicted molar refractivity (Wildman–Crippen MR) is 77.0 cm³/mol. The molecule has 0 aliphatic carbocycles. The van der Waals surface area contributed by atoms with Crippen molar-refractivity contribution in [1.82, 2.24) is 10.4 Å². The number of hydrogen-bond donors (Lipinski definition) is 1. The van der Waals surface area contributed by atoms with Crippen molar-refractivity contribution in [3.05, 3.63) is 70.0 Å². The van der Waals surface area contributed by atoms with Crippen molar-refractivity contribution < 1.29 is 9.72 Å². The fourth-order valence-corrected chi connectivity index (χ4v) is 1.61. The van der Waals surface area contributed by atoms with Gasteiger partial charge in [-0.2, -0.15) is 5.10 Å². The number of pyridine rings is 1. The van der Waals surface area contributed by atoms with Crippen molar-refractivity contribution in [3.8, 4) is 0 Å². The Kier molecular flexibility index (Phi) is 4.35. The van der Waals surface area contributed by atoms with E-state index in [-0.39, 0.29) is 11.6 Å². The van der Waals surface area contributed by atoms with Gasteiger partial charge in [-0.3, -0.25) is 19.9 Å². The zero-order valence-corrected chi connectivity index (χ0v) is 11.2. The molecule has 1 heterocycles. The molecule has 2 aromatic rings. The number of nitro benzene ring substituents is 1. The van der Waals surface area contributed by atoms with Crippen LogP contribution in [0.15, 0.2) is 53.9 Å². The molecule has 0 radical (unpaired) electrons. The lowest BCUT2D eigenvalue weighted by Crippen LogP contribution is -2.19. The topological polar surface area (TPSA) is 97.5 Å². The number of benzene rings is 1. The van der Waals surface area contributed by atoms with Gasteiger partial charge in [0.25, 0.3) is 11.6 Å². The van der Waals surface area contributed by atoms with Crippen molar-refractivity contribution in [2.75, 3.05) is 0 Å². The fraction of sp³-hybridized carbons (Fsp3) is 0.0714. The van der Waals surface area contributed by atoms with Gasteiger partial charge in [0.1, 0.15) is 0 Å². The molecule has 7 nitrogen and oxygen atoms in total. The standard InChI is InChI=1S/C14H12N4O3/c1-10(12-3-2-4-13(9-12)18(20)21)16-17-14(19)11-5-7-15-8-6-11/h2-9H,1H3,(H,17,19)/b16-10+. The maximum atomic E-state index is 11.8. The van der Waals surface area contributed by atoms with Crippen LogP contribution in [0.4, 0.5) is 5.69 Å². The minimum absolute atomic E-state index is 0.0255. The summed E-state index contributed by atoms with van der Waals surface area (Å²) < 4.78 is 0. The highest BCUT2D eigenvalue weighted by atomic mass is 16.6. The summed E-state index contributed by atoms with van der Waals surface area (Å²) in [5, 5.41) is 14.7. The summed E-state index contributed by atoms with van der Waals surface area (Å²) in [6, 6.07) is 9.17. The molecular weight excluding hydrogens is 272 g/mol. The van der Waals surface area contributed by atoms with E-state index in [1.165, 1.54) is 24.5 Å². The Morgan fingerprint density at radius 3 is 2.62 bits per heavy atom. The third-order valence-corrected chi connectivity index (χ3v) is 2.74. The zero-order chi connectivity index (χ0) is 15.2. The largest absolute Gasteiger partial charge is 0.271 e. The van der Waals surface area contributed by atoms with Gasteiger partial charge in [-0.05, 0) is 19.1 Å². The smallest absolute Gasteiger partial charge is 0.267 e. The minimum Gasteiger partial charge on any atom is -0.267 e. The number of rotatable bonds is 4. The zero-order valence-electron chi connectivity index (χ0n) is 11.2. The Hall–Kier alpha value is -3.09. The molecule has 106 valence electrons. The van der Waals surface area contributed by atoms with Gasteiger partial charge < -0.3 is 0 Å². The average Bonchev–Trinajstić information content (AvgIpc) is 2.53. The summed E-state index contributed by atoms with van der Waals surface area (Å²) in [4.78, 5) is 25.9. The number of carbonyl (C=O) groups is 1. The van der Waals surface area contributed by atoms with Crippen LogP contribution >= 0.6 is 0 Å². The highest BCUT2D eigenvalue weighted by molar-refractivity contribution is 6.01. The first-order valence-corrected chi connectivity index (χ1v) is 6.07. The number of amides is 1.